The molecule has 20 heavy (non-hydrogen) atoms. The van der Waals surface area contributed by atoms with E-state index < -0.39 is 5.97 Å². The standard InChI is InChI=1S/C16H23NO3/c1-3-12-7-5-8-13(16(12)17)9-6-10-14(18)11-15(19)20-4-2/h5,7-8H,3-4,6,9-11,17H2,1-2H3. The smallest absolute Gasteiger partial charge is 0.313 e. The van der Waals surface area contributed by atoms with E-state index in [4.69, 9.17) is 10.5 Å². The molecule has 0 unspecified atom stereocenters. The fraction of sp³-hybridized carbons (Fsp3) is 0.500. The average Bonchev–Trinajstić information content (AvgIpc) is 2.41. The van der Waals surface area contributed by atoms with Gasteiger partial charge in [-0.25, -0.2) is 0 Å². The van der Waals surface area contributed by atoms with Gasteiger partial charge in [0, 0.05) is 12.1 Å². The van der Waals surface area contributed by atoms with E-state index in [9.17, 15) is 9.59 Å². The summed E-state index contributed by atoms with van der Waals surface area (Å²) in [6.45, 7) is 4.11. The molecule has 0 bridgehead atoms. The summed E-state index contributed by atoms with van der Waals surface area (Å²) in [5, 5.41) is 0. The molecule has 0 saturated heterocycles. The second kappa shape index (κ2) is 8.35. The Morgan fingerprint density at radius 3 is 2.55 bits per heavy atom. The zero-order valence-electron chi connectivity index (χ0n) is 12.3. The lowest BCUT2D eigenvalue weighted by Crippen LogP contribution is -2.11. The van der Waals surface area contributed by atoms with Crippen molar-refractivity contribution in [3.05, 3.63) is 29.3 Å². The number of ketones is 1. The summed E-state index contributed by atoms with van der Waals surface area (Å²) in [5.41, 5.74) is 9.11. The highest BCUT2D eigenvalue weighted by Crippen LogP contribution is 2.20. The molecule has 4 heteroatoms. The molecular weight excluding hydrogens is 254 g/mol. The number of nitrogen functional groups attached to an aromatic ring is 1. The van der Waals surface area contributed by atoms with Crippen LogP contribution in [0.2, 0.25) is 0 Å². The van der Waals surface area contributed by atoms with E-state index in [1.807, 2.05) is 18.2 Å². The summed E-state index contributed by atoms with van der Waals surface area (Å²) in [6.07, 6.45) is 2.62. The molecule has 0 saturated carbocycles. The van der Waals surface area contributed by atoms with Gasteiger partial charge in [0.15, 0.2) is 0 Å². The fourth-order valence-electron chi connectivity index (χ4n) is 2.13. The van der Waals surface area contributed by atoms with Gasteiger partial charge in [0.05, 0.1) is 6.61 Å². The number of rotatable bonds is 8. The maximum Gasteiger partial charge on any atom is 0.313 e. The van der Waals surface area contributed by atoms with Crippen LogP contribution >= 0.6 is 0 Å². The molecule has 0 atom stereocenters. The van der Waals surface area contributed by atoms with Gasteiger partial charge in [0.25, 0.3) is 0 Å². The highest BCUT2D eigenvalue weighted by molar-refractivity contribution is 5.95. The van der Waals surface area contributed by atoms with E-state index >= 15 is 0 Å². The number of Topliss-reactive ketones (excluding diaryl/α,β-unsaturated/α-hetero) is 1. The summed E-state index contributed by atoms with van der Waals surface area (Å²) < 4.78 is 4.75. The number of para-hydroxylation sites is 1. The Labute approximate surface area is 120 Å². The number of hydrogen-bond acceptors (Lipinski definition) is 4. The van der Waals surface area contributed by atoms with Gasteiger partial charge in [0.2, 0.25) is 0 Å². The second-order valence-electron chi connectivity index (χ2n) is 4.72. The first-order chi connectivity index (χ1) is 9.58. The lowest BCUT2D eigenvalue weighted by atomic mass is 10.00. The number of aryl methyl sites for hydroxylation is 2. The Bertz CT molecular complexity index is 469. The van der Waals surface area contributed by atoms with Crippen LogP contribution in [0.15, 0.2) is 18.2 Å². The van der Waals surface area contributed by atoms with Gasteiger partial charge < -0.3 is 10.5 Å². The maximum atomic E-state index is 11.6. The highest BCUT2D eigenvalue weighted by Gasteiger charge is 2.10. The third-order valence-corrected chi connectivity index (χ3v) is 3.22. The maximum absolute atomic E-state index is 11.6. The van der Waals surface area contributed by atoms with Gasteiger partial charge >= 0.3 is 5.97 Å². The van der Waals surface area contributed by atoms with Gasteiger partial charge in [0.1, 0.15) is 12.2 Å². The number of nitrogens with two attached hydrogens (primary N) is 1. The highest BCUT2D eigenvalue weighted by atomic mass is 16.5. The molecule has 110 valence electrons. The lowest BCUT2D eigenvalue weighted by molar-refractivity contribution is -0.145. The molecule has 1 aromatic carbocycles. The first kappa shape index (κ1) is 16.2. The Kier molecular flexibility index (Phi) is 6.77. The van der Waals surface area contributed by atoms with Crippen molar-refractivity contribution in [2.75, 3.05) is 12.3 Å². The minimum absolute atomic E-state index is 0.0753. The third kappa shape index (κ3) is 5.03. The number of carbonyl (C=O) groups excluding carboxylic acids is 2. The first-order valence-corrected chi connectivity index (χ1v) is 7.12. The minimum atomic E-state index is -0.440. The molecule has 1 aromatic rings. The van der Waals surface area contributed by atoms with Crippen molar-refractivity contribution in [1.82, 2.24) is 0 Å². The number of hydrogen-bond donors (Lipinski definition) is 1. The summed E-state index contributed by atoms with van der Waals surface area (Å²) in [5.74, 6) is -0.515. The summed E-state index contributed by atoms with van der Waals surface area (Å²) in [6, 6.07) is 6.00. The Morgan fingerprint density at radius 1 is 1.20 bits per heavy atom. The SMILES string of the molecule is CCOC(=O)CC(=O)CCCc1cccc(CC)c1N. The van der Waals surface area contributed by atoms with Crippen LogP contribution in [-0.2, 0) is 27.2 Å². The molecule has 0 amide bonds. The monoisotopic (exact) mass is 277 g/mol. The van der Waals surface area contributed by atoms with E-state index in [1.54, 1.807) is 6.92 Å². The van der Waals surface area contributed by atoms with Crippen LogP contribution in [0.3, 0.4) is 0 Å². The molecule has 0 aliphatic carbocycles. The predicted octanol–water partition coefficient (Wildman–Crippen LogP) is 2.68. The number of esters is 1. The van der Waals surface area contributed by atoms with E-state index in [-0.39, 0.29) is 12.2 Å². The van der Waals surface area contributed by atoms with Crippen LogP contribution in [0, 0.1) is 0 Å². The van der Waals surface area contributed by atoms with Crippen LogP contribution < -0.4 is 5.73 Å². The van der Waals surface area contributed by atoms with Crippen molar-refractivity contribution in [3.8, 4) is 0 Å². The normalized spacial score (nSPS) is 10.3. The Hall–Kier alpha value is -1.84. The lowest BCUT2D eigenvalue weighted by Gasteiger charge is -2.09. The molecule has 0 aromatic heterocycles. The molecule has 0 heterocycles. The topological polar surface area (TPSA) is 69.4 Å². The molecule has 0 aliphatic heterocycles. The Morgan fingerprint density at radius 2 is 1.90 bits per heavy atom. The average molecular weight is 277 g/mol. The van der Waals surface area contributed by atoms with E-state index in [0.29, 0.717) is 19.4 Å². The van der Waals surface area contributed by atoms with Crippen LogP contribution in [0.5, 0.6) is 0 Å². The number of ether oxygens (including phenoxy) is 1. The van der Waals surface area contributed by atoms with Crippen molar-refractivity contribution in [2.24, 2.45) is 0 Å². The summed E-state index contributed by atoms with van der Waals surface area (Å²) in [7, 11) is 0. The third-order valence-electron chi connectivity index (χ3n) is 3.22. The zero-order chi connectivity index (χ0) is 15.0. The second-order valence-corrected chi connectivity index (χ2v) is 4.72. The number of anilines is 1. The summed E-state index contributed by atoms with van der Waals surface area (Å²) in [4.78, 5) is 22.8. The largest absolute Gasteiger partial charge is 0.466 e. The fourth-order valence-corrected chi connectivity index (χ4v) is 2.13. The van der Waals surface area contributed by atoms with Crippen molar-refractivity contribution in [1.29, 1.82) is 0 Å². The molecule has 0 fully saturated rings. The van der Waals surface area contributed by atoms with Crippen LogP contribution in [0.4, 0.5) is 5.69 Å². The van der Waals surface area contributed by atoms with E-state index in [1.165, 1.54) is 0 Å². The number of carbonyl (C=O) groups is 2. The molecule has 1 rings (SSSR count). The minimum Gasteiger partial charge on any atom is -0.466 e. The van der Waals surface area contributed by atoms with Crippen LogP contribution in [-0.4, -0.2) is 18.4 Å². The zero-order valence-corrected chi connectivity index (χ0v) is 12.3. The Balaban J connectivity index is 2.41. The van der Waals surface area contributed by atoms with Gasteiger partial charge in [-0.2, -0.15) is 0 Å². The van der Waals surface area contributed by atoms with Gasteiger partial charge in [-0.05, 0) is 37.3 Å². The molecule has 0 aliphatic rings. The van der Waals surface area contributed by atoms with Gasteiger partial charge in [-0.3, -0.25) is 9.59 Å². The van der Waals surface area contributed by atoms with Crippen LogP contribution in [0.25, 0.3) is 0 Å². The molecular formula is C16H23NO3. The molecule has 0 spiro atoms. The molecule has 0 radical (unpaired) electrons. The predicted molar refractivity (Wildman–Crippen MR) is 79.4 cm³/mol. The van der Waals surface area contributed by atoms with E-state index in [2.05, 4.69) is 6.92 Å². The molecule has 4 nitrogen and oxygen atoms in total. The van der Waals surface area contributed by atoms with Crippen molar-refractivity contribution >= 4 is 17.4 Å². The number of benzene rings is 1. The van der Waals surface area contributed by atoms with Crippen molar-refractivity contribution in [3.63, 3.8) is 0 Å². The van der Waals surface area contributed by atoms with Crippen molar-refractivity contribution in [2.45, 2.75) is 46.0 Å². The van der Waals surface area contributed by atoms with Crippen LogP contribution in [0.1, 0.15) is 44.2 Å². The quantitative estimate of drug-likeness (QED) is 0.450. The van der Waals surface area contributed by atoms with E-state index in [0.717, 1.165) is 29.7 Å². The van der Waals surface area contributed by atoms with Gasteiger partial charge in [-0.1, -0.05) is 25.1 Å². The first-order valence-electron chi connectivity index (χ1n) is 7.12. The van der Waals surface area contributed by atoms with Crippen molar-refractivity contribution < 1.29 is 14.3 Å². The molecule has 2 N–H and O–H groups in total. The summed E-state index contributed by atoms with van der Waals surface area (Å²) >= 11 is 0. The van der Waals surface area contributed by atoms with Gasteiger partial charge in [-0.15, -0.1) is 0 Å².